The highest BCUT2D eigenvalue weighted by molar-refractivity contribution is 5.86. The molecule has 0 aliphatic heterocycles. The second-order valence-electron chi connectivity index (χ2n) is 11.5. The number of phenols is 1. The number of benzene rings is 1. The zero-order valence-corrected chi connectivity index (χ0v) is 19.2. The maximum atomic E-state index is 12.6. The third-order valence-electron chi connectivity index (χ3n) is 10.6. The number of H-pyrrole nitrogens is 1. The molecule has 3 aliphatic carbocycles. The molecule has 3 heteroatoms. The number of aromatic hydroxyl groups is 1. The molecule has 0 radical (unpaired) electrons. The quantitative estimate of drug-likeness (QED) is 0.559. The number of hydrogen-bond acceptors (Lipinski definition) is 2. The molecule has 1 aromatic heterocycles. The normalized spacial score (nSPS) is 44.0. The molecule has 5 rings (SSSR count). The Morgan fingerprint density at radius 2 is 1.73 bits per heavy atom. The van der Waals surface area contributed by atoms with Crippen molar-refractivity contribution in [2.24, 2.45) is 34.5 Å². The third-order valence-corrected chi connectivity index (χ3v) is 10.6. The lowest BCUT2D eigenvalue weighted by Gasteiger charge is -2.66. The minimum Gasteiger partial charge on any atom is -0.508 e. The van der Waals surface area contributed by atoms with Gasteiger partial charge in [-0.25, -0.2) is 0 Å². The zero-order chi connectivity index (χ0) is 21.5. The predicted octanol–water partition coefficient (Wildman–Crippen LogP) is 6.60. The molecule has 1 heterocycles. The van der Waals surface area contributed by atoms with Gasteiger partial charge in [0.05, 0.1) is 0 Å². The van der Waals surface area contributed by atoms with Crippen LogP contribution in [0.5, 0.6) is 5.75 Å². The summed E-state index contributed by atoms with van der Waals surface area (Å²) < 4.78 is 0. The smallest absolute Gasteiger partial charge is 0.136 e. The Balaban J connectivity index is 1.63. The number of Topliss-reactive ketones (excluding diaryl/α,β-unsaturated/α-hetero) is 1. The SMILES string of the molecule is C[C@@H]1CC[C@@]2(C)[C@@H]3CCC(=O)[C@H](C)[C@@]3(C)CC[C@@H]2[C@@]1(C)c1c[nH]c2cc(O)ccc12. The fourth-order valence-corrected chi connectivity index (χ4v) is 8.52. The van der Waals surface area contributed by atoms with Crippen molar-refractivity contribution < 1.29 is 9.90 Å². The number of carbonyl (C=O) groups excluding carboxylic acids is 1. The zero-order valence-electron chi connectivity index (χ0n) is 19.2. The molecule has 162 valence electrons. The summed E-state index contributed by atoms with van der Waals surface area (Å²) in [5.74, 6) is 2.83. The topological polar surface area (TPSA) is 53.1 Å². The number of phenolic OH excluding ortho intramolecular Hbond substituents is 1. The predicted molar refractivity (Wildman–Crippen MR) is 122 cm³/mol. The number of aromatic amines is 1. The van der Waals surface area contributed by atoms with Crippen LogP contribution in [-0.2, 0) is 10.2 Å². The average Bonchev–Trinajstić information content (AvgIpc) is 3.12. The van der Waals surface area contributed by atoms with Crippen LogP contribution in [0.2, 0.25) is 0 Å². The fourth-order valence-electron chi connectivity index (χ4n) is 8.52. The highest BCUT2D eigenvalue weighted by atomic mass is 16.3. The van der Waals surface area contributed by atoms with E-state index in [9.17, 15) is 9.90 Å². The molecular weight excluding hydrogens is 370 g/mol. The first-order valence-corrected chi connectivity index (χ1v) is 12.0. The molecule has 3 saturated carbocycles. The van der Waals surface area contributed by atoms with Gasteiger partial charge in [-0.15, -0.1) is 0 Å². The van der Waals surface area contributed by atoms with E-state index in [-0.39, 0.29) is 22.2 Å². The van der Waals surface area contributed by atoms with Crippen molar-refractivity contribution in [2.45, 2.75) is 78.6 Å². The number of aromatic nitrogens is 1. The Morgan fingerprint density at radius 1 is 1.00 bits per heavy atom. The molecule has 3 nitrogen and oxygen atoms in total. The highest BCUT2D eigenvalue weighted by Gasteiger charge is 2.63. The Kier molecular flexibility index (Phi) is 4.28. The minimum atomic E-state index is 0.0915. The van der Waals surface area contributed by atoms with Gasteiger partial charge in [-0.3, -0.25) is 4.79 Å². The Morgan fingerprint density at radius 3 is 2.50 bits per heavy atom. The summed E-state index contributed by atoms with van der Waals surface area (Å²) in [6.45, 7) is 12.1. The van der Waals surface area contributed by atoms with Crippen LogP contribution in [0.3, 0.4) is 0 Å². The maximum absolute atomic E-state index is 12.6. The van der Waals surface area contributed by atoms with Crippen LogP contribution < -0.4 is 0 Å². The number of fused-ring (bicyclic) bond motifs is 4. The largest absolute Gasteiger partial charge is 0.508 e. The fraction of sp³-hybridized carbons (Fsp3) is 0.667. The van der Waals surface area contributed by atoms with E-state index in [1.165, 1.54) is 30.2 Å². The van der Waals surface area contributed by atoms with Crippen LogP contribution in [0.25, 0.3) is 10.9 Å². The van der Waals surface area contributed by atoms with Gasteiger partial charge in [0.1, 0.15) is 11.5 Å². The van der Waals surface area contributed by atoms with Crippen molar-refractivity contribution in [2.75, 3.05) is 0 Å². The van der Waals surface area contributed by atoms with Gasteiger partial charge in [0.25, 0.3) is 0 Å². The second kappa shape index (κ2) is 6.37. The first-order chi connectivity index (χ1) is 14.1. The van der Waals surface area contributed by atoms with Gasteiger partial charge in [-0.1, -0.05) is 34.6 Å². The van der Waals surface area contributed by atoms with Crippen LogP contribution in [0.4, 0.5) is 0 Å². The van der Waals surface area contributed by atoms with Crippen LogP contribution in [0, 0.1) is 34.5 Å². The summed E-state index contributed by atoms with van der Waals surface area (Å²) in [5, 5.41) is 11.2. The molecule has 7 atom stereocenters. The molecule has 0 saturated heterocycles. The number of rotatable bonds is 1. The average molecular weight is 408 g/mol. The molecule has 0 spiro atoms. The first-order valence-electron chi connectivity index (χ1n) is 12.0. The summed E-state index contributed by atoms with van der Waals surface area (Å²) >= 11 is 0. The minimum absolute atomic E-state index is 0.0915. The number of ketones is 1. The Bertz CT molecular complexity index is 1010. The molecule has 30 heavy (non-hydrogen) atoms. The van der Waals surface area contributed by atoms with Crippen LogP contribution >= 0.6 is 0 Å². The summed E-state index contributed by atoms with van der Waals surface area (Å²) in [4.78, 5) is 16.1. The van der Waals surface area contributed by atoms with Gasteiger partial charge in [0.15, 0.2) is 0 Å². The van der Waals surface area contributed by atoms with Gasteiger partial charge in [0.2, 0.25) is 0 Å². The van der Waals surface area contributed by atoms with E-state index in [4.69, 9.17) is 0 Å². The lowest BCUT2D eigenvalue weighted by molar-refractivity contribution is -0.167. The van der Waals surface area contributed by atoms with E-state index < -0.39 is 0 Å². The van der Waals surface area contributed by atoms with Crippen molar-refractivity contribution in [1.82, 2.24) is 4.98 Å². The van der Waals surface area contributed by atoms with Gasteiger partial charge in [0, 0.05) is 40.9 Å². The van der Waals surface area contributed by atoms with E-state index >= 15 is 0 Å². The van der Waals surface area contributed by atoms with Crippen molar-refractivity contribution in [3.8, 4) is 5.75 Å². The van der Waals surface area contributed by atoms with Gasteiger partial charge in [-0.05, 0) is 78.4 Å². The van der Waals surface area contributed by atoms with Crippen molar-refractivity contribution in [1.29, 1.82) is 0 Å². The van der Waals surface area contributed by atoms with E-state index in [0.717, 1.165) is 24.8 Å². The van der Waals surface area contributed by atoms with E-state index in [2.05, 4.69) is 51.9 Å². The lowest BCUT2D eigenvalue weighted by atomic mass is 9.37. The lowest BCUT2D eigenvalue weighted by Crippen LogP contribution is -2.62. The molecule has 0 amide bonds. The number of carbonyl (C=O) groups is 1. The van der Waals surface area contributed by atoms with Crippen molar-refractivity contribution in [3.63, 3.8) is 0 Å². The Labute approximate surface area is 180 Å². The van der Waals surface area contributed by atoms with Crippen LogP contribution in [0.1, 0.15) is 78.7 Å². The monoisotopic (exact) mass is 407 g/mol. The third kappa shape index (κ3) is 2.41. The molecule has 2 aromatic rings. The maximum Gasteiger partial charge on any atom is 0.136 e. The summed E-state index contributed by atoms with van der Waals surface area (Å²) in [6, 6.07) is 5.76. The van der Waals surface area contributed by atoms with Gasteiger partial charge < -0.3 is 10.1 Å². The van der Waals surface area contributed by atoms with Gasteiger partial charge in [-0.2, -0.15) is 0 Å². The summed E-state index contributed by atoms with van der Waals surface area (Å²) in [6.07, 6.45) is 8.93. The molecule has 1 aromatic carbocycles. The molecule has 0 unspecified atom stereocenters. The molecule has 2 N–H and O–H groups in total. The van der Waals surface area contributed by atoms with E-state index in [1.807, 2.05) is 12.1 Å². The van der Waals surface area contributed by atoms with Crippen LogP contribution in [-0.4, -0.2) is 15.9 Å². The van der Waals surface area contributed by atoms with Crippen molar-refractivity contribution >= 4 is 16.7 Å². The molecular formula is C27H37NO2. The van der Waals surface area contributed by atoms with Gasteiger partial charge >= 0.3 is 0 Å². The highest BCUT2D eigenvalue weighted by Crippen LogP contribution is 2.69. The van der Waals surface area contributed by atoms with Crippen molar-refractivity contribution in [3.05, 3.63) is 30.0 Å². The molecule has 3 aliphatic rings. The second-order valence-corrected chi connectivity index (χ2v) is 11.5. The Hall–Kier alpha value is -1.77. The first kappa shape index (κ1) is 20.2. The summed E-state index contributed by atoms with van der Waals surface area (Å²) in [5.41, 5.74) is 2.96. The van der Waals surface area contributed by atoms with E-state index in [0.29, 0.717) is 29.3 Å². The standard InChI is InChI=1S/C27H37NO2/c1-16-10-12-26(4)23-9-8-22(30)17(2)25(23,3)13-11-24(26)27(16,5)20-15-28-21-14-18(29)6-7-19(20)21/h6-7,14-17,23-24,28-29H,8-13H2,1-5H3/t16-,17+,23-,24+,25-,26+,27-/m1/s1. The number of nitrogens with one attached hydrogen (secondary N) is 1. The molecule has 0 bridgehead atoms. The summed E-state index contributed by atoms with van der Waals surface area (Å²) in [7, 11) is 0. The molecule has 3 fully saturated rings. The van der Waals surface area contributed by atoms with Crippen LogP contribution in [0.15, 0.2) is 24.4 Å². The van der Waals surface area contributed by atoms with E-state index in [1.54, 1.807) is 0 Å². The number of hydrogen-bond donors (Lipinski definition) is 2.